The first-order valence-corrected chi connectivity index (χ1v) is 6.90. The Morgan fingerprint density at radius 2 is 1.80 bits per heavy atom. The smallest absolute Gasteiger partial charge is 0.328 e. The van der Waals surface area contributed by atoms with Gasteiger partial charge in [0.15, 0.2) is 0 Å². The van der Waals surface area contributed by atoms with Gasteiger partial charge in [-0.2, -0.15) is 0 Å². The van der Waals surface area contributed by atoms with Crippen molar-refractivity contribution in [2.75, 3.05) is 13.1 Å². The van der Waals surface area contributed by atoms with Crippen molar-refractivity contribution < 1.29 is 18.7 Å². The predicted molar refractivity (Wildman–Crippen MR) is 71.4 cm³/mol. The fraction of sp³-hybridized carbons (Fsp3) is 0.533. The van der Waals surface area contributed by atoms with Gasteiger partial charge in [-0.05, 0) is 38.9 Å². The van der Waals surface area contributed by atoms with E-state index in [0.29, 0.717) is 13.1 Å². The van der Waals surface area contributed by atoms with Crippen LogP contribution in [0.5, 0.6) is 0 Å². The molecule has 1 saturated heterocycles. The molecule has 1 N–H and O–H groups in total. The summed E-state index contributed by atoms with van der Waals surface area (Å²) in [6.07, 6.45) is 3.90. The number of carboxylic acids is 1. The van der Waals surface area contributed by atoms with Crippen molar-refractivity contribution in [3.63, 3.8) is 0 Å². The number of benzene rings is 1. The Morgan fingerprint density at radius 3 is 2.30 bits per heavy atom. The number of nitrogens with zero attached hydrogens (tertiary/aromatic N) is 1. The van der Waals surface area contributed by atoms with E-state index in [0.717, 1.165) is 37.8 Å². The maximum atomic E-state index is 14.0. The summed E-state index contributed by atoms with van der Waals surface area (Å²) in [6, 6.07) is 3.09. The Balaban J connectivity index is 2.44. The molecule has 1 aromatic carbocycles. The summed E-state index contributed by atoms with van der Waals surface area (Å²) < 4.78 is 27.1. The lowest BCUT2D eigenvalue weighted by atomic mass is 9.89. The Bertz CT molecular complexity index is 499. The molecule has 0 saturated carbocycles. The van der Waals surface area contributed by atoms with Crippen LogP contribution < -0.4 is 0 Å². The van der Waals surface area contributed by atoms with Gasteiger partial charge in [-0.3, -0.25) is 4.90 Å². The van der Waals surface area contributed by atoms with Crippen LogP contribution in [0.2, 0.25) is 0 Å². The van der Waals surface area contributed by atoms with Gasteiger partial charge in [0, 0.05) is 11.6 Å². The largest absolute Gasteiger partial charge is 0.480 e. The topological polar surface area (TPSA) is 40.5 Å². The molecule has 0 aliphatic carbocycles. The fourth-order valence-electron chi connectivity index (χ4n) is 2.82. The van der Waals surface area contributed by atoms with Crippen LogP contribution in [0.4, 0.5) is 8.78 Å². The van der Waals surface area contributed by atoms with Crippen molar-refractivity contribution in [3.8, 4) is 0 Å². The monoisotopic (exact) mass is 283 g/mol. The van der Waals surface area contributed by atoms with Crippen LogP contribution in [-0.4, -0.2) is 29.1 Å². The van der Waals surface area contributed by atoms with E-state index in [9.17, 15) is 18.7 Å². The maximum Gasteiger partial charge on any atom is 0.328 e. The summed E-state index contributed by atoms with van der Waals surface area (Å²) in [7, 11) is 0. The lowest BCUT2D eigenvalue weighted by Crippen LogP contribution is -2.50. The molecular formula is C15H19F2NO2. The molecule has 110 valence electrons. The highest BCUT2D eigenvalue weighted by Crippen LogP contribution is 2.33. The first kappa shape index (κ1) is 14.9. The molecule has 5 heteroatoms. The van der Waals surface area contributed by atoms with E-state index in [1.807, 2.05) is 0 Å². The Hall–Kier alpha value is -1.49. The first-order valence-electron chi connectivity index (χ1n) is 6.90. The normalized spacial score (nSPS) is 20.1. The molecule has 0 bridgehead atoms. The molecule has 1 fully saturated rings. The van der Waals surface area contributed by atoms with Gasteiger partial charge in [-0.15, -0.1) is 0 Å². The highest BCUT2D eigenvalue weighted by molar-refractivity contribution is 5.80. The summed E-state index contributed by atoms with van der Waals surface area (Å²) in [5.41, 5.74) is -1.43. The zero-order valence-electron chi connectivity index (χ0n) is 11.5. The number of carbonyl (C=O) groups is 1. The zero-order valence-corrected chi connectivity index (χ0v) is 11.5. The lowest BCUT2D eigenvalue weighted by molar-refractivity contribution is -0.151. The number of hydrogen-bond donors (Lipinski definition) is 1. The number of aliphatic carboxylic acids is 1. The minimum absolute atomic E-state index is 0.0216. The molecule has 1 aliphatic rings. The van der Waals surface area contributed by atoms with Crippen LogP contribution in [0, 0.1) is 11.6 Å². The highest BCUT2D eigenvalue weighted by atomic mass is 19.1. The van der Waals surface area contributed by atoms with Gasteiger partial charge in [0.05, 0.1) is 0 Å². The molecule has 1 unspecified atom stereocenters. The Labute approximate surface area is 117 Å². The third-order valence-corrected chi connectivity index (χ3v) is 4.11. The molecule has 0 spiro atoms. The van der Waals surface area contributed by atoms with Crippen molar-refractivity contribution in [3.05, 3.63) is 35.4 Å². The van der Waals surface area contributed by atoms with E-state index in [-0.39, 0.29) is 5.56 Å². The van der Waals surface area contributed by atoms with Gasteiger partial charge in [0.2, 0.25) is 0 Å². The zero-order chi connectivity index (χ0) is 14.8. The SMILES string of the molecule is CC(C(=O)O)(c1ccc(F)cc1F)N1CCCCCC1. The van der Waals surface area contributed by atoms with Crippen molar-refractivity contribution >= 4 is 5.97 Å². The molecule has 0 radical (unpaired) electrons. The predicted octanol–water partition coefficient (Wildman–Crippen LogP) is 3.14. The van der Waals surface area contributed by atoms with Crippen LogP contribution in [0.25, 0.3) is 0 Å². The molecule has 1 aliphatic heterocycles. The van der Waals surface area contributed by atoms with E-state index in [4.69, 9.17) is 0 Å². The van der Waals surface area contributed by atoms with E-state index < -0.39 is 23.1 Å². The Morgan fingerprint density at radius 1 is 1.20 bits per heavy atom. The van der Waals surface area contributed by atoms with Crippen LogP contribution in [0.3, 0.4) is 0 Å². The van der Waals surface area contributed by atoms with Gasteiger partial charge in [-0.1, -0.05) is 18.9 Å². The van der Waals surface area contributed by atoms with Gasteiger partial charge in [-0.25, -0.2) is 13.6 Å². The minimum Gasteiger partial charge on any atom is -0.480 e. The minimum atomic E-state index is -1.46. The van der Waals surface area contributed by atoms with Crippen molar-refractivity contribution in [1.82, 2.24) is 4.90 Å². The molecule has 3 nitrogen and oxygen atoms in total. The van der Waals surface area contributed by atoms with Gasteiger partial charge < -0.3 is 5.11 Å². The summed E-state index contributed by atoms with van der Waals surface area (Å²) in [5.74, 6) is -2.61. The Kier molecular flexibility index (Phi) is 4.38. The van der Waals surface area contributed by atoms with E-state index in [1.165, 1.54) is 13.0 Å². The molecule has 20 heavy (non-hydrogen) atoms. The second-order valence-electron chi connectivity index (χ2n) is 5.40. The molecule has 1 aromatic rings. The third-order valence-electron chi connectivity index (χ3n) is 4.11. The molecule has 1 atom stereocenters. The van der Waals surface area contributed by atoms with Gasteiger partial charge in [0.1, 0.15) is 17.2 Å². The van der Waals surface area contributed by atoms with E-state index in [2.05, 4.69) is 0 Å². The molecule has 0 aromatic heterocycles. The quantitative estimate of drug-likeness (QED) is 0.926. The molecule has 2 rings (SSSR count). The fourth-order valence-corrected chi connectivity index (χ4v) is 2.82. The van der Waals surface area contributed by atoms with Gasteiger partial charge in [0.25, 0.3) is 0 Å². The second kappa shape index (κ2) is 5.87. The van der Waals surface area contributed by atoms with Crippen LogP contribution in [-0.2, 0) is 10.3 Å². The summed E-state index contributed by atoms with van der Waals surface area (Å²) in [5, 5.41) is 9.62. The number of hydrogen-bond acceptors (Lipinski definition) is 2. The average Bonchev–Trinajstić information content (AvgIpc) is 2.66. The van der Waals surface area contributed by atoms with E-state index >= 15 is 0 Å². The first-order chi connectivity index (χ1) is 9.46. The van der Waals surface area contributed by atoms with E-state index in [1.54, 1.807) is 4.90 Å². The van der Waals surface area contributed by atoms with Crippen molar-refractivity contribution in [2.45, 2.75) is 38.1 Å². The average molecular weight is 283 g/mol. The van der Waals surface area contributed by atoms with Crippen LogP contribution >= 0.6 is 0 Å². The summed E-state index contributed by atoms with van der Waals surface area (Å²) in [6.45, 7) is 2.72. The summed E-state index contributed by atoms with van der Waals surface area (Å²) >= 11 is 0. The van der Waals surface area contributed by atoms with Crippen LogP contribution in [0.15, 0.2) is 18.2 Å². The van der Waals surface area contributed by atoms with Crippen LogP contribution in [0.1, 0.15) is 38.2 Å². The number of carboxylic acid groups (broad SMARTS) is 1. The highest BCUT2D eigenvalue weighted by Gasteiger charge is 2.43. The molecule has 0 amide bonds. The number of halogens is 2. The maximum absolute atomic E-state index is 14.0. The van der Waals surface area contributed by atoms with Crippen molar-refractivity contribution in [2.24, 2.45) is 0 Å². The van der Waals surface area contributed by atoms with Gasteiger partial charge >= 0.3 is 5.97 Å². The number of likely N-dealkylation sites (tertiary alicyclic amines) is 1. The molecule has 1 heterocycles. The third kappa shape index (κ3) is 2.68. The lowest BCUT2D eigenvalue weighted by Gasteiger charge is -2.37. The standard InChI is InChI=1S/C15H19F2NO2/c1-15(14(19)20,18-8-4-2-3-5-9-18)12-7-6-11(16)10-13(12)17/h6-7,10H,2-5,8-9H2,1H3,(H,19,20). The summed E-state index contributed by atoms with van der Waals surface area (Å²) in [4.78, 5) is 13.6. The van der Waals surface area contributed by atoms with Crippen molar-refractivity contribution in [1.29, 1.82) is 0 Å². The molecular weight excluding hydrogens is 264 g/mol. The second-order valence-corrected chi connectivity index (χ2v) is 5.40. The number of rotatable bonds is 3.